The molecule has 1 atom stereocenters. The Morgan fingerprint density at radius 3 is 1.81 bits per heavy atom. The standard InChI is InChI=1S/C36H43NO5Si/c1-35(2,43(39,30-18-11-7-12-19-30)31-20-13-8-14-21-31)24-15-25-36(3,29-16-9-6-10-17-29)37-34(38)42-27-28-22-23-32(40-4)33(26-28)41-5/h6-14,16-23,26,39H,15,24-25,27H2,1-5H3,(H,37,38). The normalized spacial score (nSPS) is 13.1. The van der Waals surface area contributed by atoms with Gasteiger partial charge in [0, 0.05) is 0 Å². The fourth-order valence-corrected chi connectivity index (χ4v) is 9.62. The molecule has 1 amide bonds. The second-order valence-electron chi connectivity index (χ2n) is 11.8. The topological polar surface area (TPSA) is 77.0 Å². The van der Waals surface area contributed by atoms with Gasteiger partial charge in [-0.2, -0.15) is 0 Å². The number of carbonyl (C=O) groups excluding carboxylic acids is 1. The van der Waals surface area contributed by atoms with Crippen LogP contribution in [0.15, 0.2) is 109 Å². The number of amides is 1. The molecule has 4 rings (SSSR count). The summed E-state index contributed by atoms with van der Waals surface area (Å²) in [6.45, 7) is 6.47. The van der Waals surface area contributed by atoms with Crippen molar-refractivity contribution in [1.82, 2.24) is 5.32 Å². The van der Waals surface area contributed by atoms with E-state index in [0.717, 1.165) is 34.3 Å². The van der Waals surface area contributed by atoms with Crippen molar-refractivity contribution in [3.63, 3.8) is 0 Å². The smallest absolute Gasteiger partial charge is 0.408 e. The summed E-state index contributed by atoms with van der Waals surface area (Å²) in [7, 11) is 0.0235. The SMILES string of the molecule is COc1ccc(COC(=O)NC(C)(CCCC(C)(C)[Si](O)(c2ccccc2)c2ccccc2)c2ccccc2)cc1OC. The lowest BCUT2D eigenvalue weighted by molar-refractivity contribution is 0.125. The van der Waals surface area contributed by atoms with Crippen molar-refractivity contribution in [1.29, 1.82) is 0 Å². The number of methoxy groups -OCH3 is 2. The first kappa shape index (κ1) is 31.9. The Morgan fingerprint density at radius 2 is 1.28 bits per heavy atom. The van der Waals surface area contributed by atoms with Gasteiger partial charge in [-0.25, -0.2) is 4.79 Å². The van der Waals surface area contributed by atoms with Gasteiger partial charge in [0.05, 0.1) is 19.8 Å². The quantitative estimate of drug-likeness (QED) is 0.171. The molecule has 0 saturated heterocycles. The van der Waals surface area contributed by atoms with Crippen molar-refractivity contribution < 1.29 is 23.8 Å². The third kappa shape index (κ3) is 7.29. The van der Waals surface area contributed by atoms with E-state index in [1.165, 1.54) is 0 Å². The molecule has 4 aromatic carbocycles. The number of benzene rings is 4. The van der Waals surface area contributed by atoms with Crippen LogP contribution in [0.25, 0.3) is 0 Å². The molecule has 0 spiro atoms. The fraction of sp³-hybridized carbons (Fsp3) is 0.306. The van der Waals surface area contributed by atoms with Gasteiger partial charge in [0.2, 0.25) is 0 Å². The van der Waals surface area contributed by atoms with Crippen LogP contribution in [0.5, 0.6) is 11.5 Å². The van der Waals surface area contributed by atoms with Crippen LogP contribution in [0, 0.1) is 0 Å². The predicted molar refractivity (Wildman–Crippen MR) is 175 cm³/mol. The van der Waals surface area contributed by atoms with Crippen LogP contribution in [0.1, 0.15) is 51.2 Å². The van der Waals surface area contributed by atoms with Crippen LogP contribution in [-0.4, -0.2) is 33.4 Å². The maximum Gasteiger partial charge on any atom is 0.408 e. The molecule has 226 valence electrons. The highest BCUT2D eigenvalue weighted by atomic mass is 28.4. The lowest BCUT2D eigenvalue weighted by Crippen LogP contribution is -2.65. The second kappa shape index (κ2) is 13.9. The summed E-state index contributed by atoms with van der Waals surface area (Å²) in [6, 6.07) is 35.6. The highest BCUT2D eigenvalue weighted by Crippen LogP contribution is 2.41. The molecular formula is C36H43NO5Si. The molecule has 2 N–H and O–H groups in total. The van der Waals surface area contributed by atoms with Crippen LogP contribution in [-0.2, 0) is 16.9 Å². The molecule has 0 aliphatic carbocycles. The number of alkyl carbamates (subject to hydrolysis) is 1. The molecule has 0 heterocycles. The molecule has 7 heteroatoms. The van der Waals surface area contributed by atoms with Gasteiger partial charge in [0.15, 0.2) is 11.5 Å². The van der Waals surface area contributed by atoms with E-state index in [1.54, 1.807) is 26.4 Å². The van der Waals surface area contributed by atoms with E-state index in [9.17, 15) is 9.59 Å². The van der Waals surface area contributed by atoms with E-state index in [-0.39, 0.29) is 11.6 Å². The first-order valence-corrected chi connectivity index (χ1v) is 16.6. The van der Waals surface area contributed by atoms with Gasteiger partial charge in [0.25, 0.3) is 8.32 Å². The summed E-state index contributed by atoms with van der Waals surface area (Å²) in [5.74, 6) is 1.19. The summed E-state index contributed by atoms with van der Waals surface area (Å²) < 4.78 is 16.3. The first-order chi connectivity index (χ1) is 20.6. The molecule has 1 unspecified atom stereocenters. The highest BCUT2D eigenvalue weighted by Gasteiger charge is 2.49. The number of hydrogen-bond donors (Lipinski definition) is 2. The molecule has 6 nitrogen and oxygen atoms in total. The average Bonchev–Trinajstić information content (AvgIpc) is 3.04. The zero-order valence-corrected chi connectivity index (χ0v) is 26.8. The fourth-order valence-electron chi connectivity index (χ4n) is 5.84. The minimum atomic E-state index is -3.13. The molecule has 43 heavy (non-hydrogen) atoms. The predicted octanol–water partition coefficient (Wildman–Crippen LogP) is 6.55. The van der Waals surface area contributed by atoms with Crippen molar-refractivity contribution in [3.8, 4) is 11.5 Å². The Labute approximate surface area is 256 Å². The monoisotopic (exact) mass is 597 g/mol. The van der Waals surface area contributed by atoms with Crippen molar-refractivity contribution in [2.45, 2.75) is 57.2 Å². The molecule has 0 aliphatic heterocycles. The Bertz CT molecular complexity index is 1420. The lowest BCUT2D eigenvalue weighted by atomic mass is 9.85. The summed E-state index contributed by atoms with van der Waals surface area (Å²) in [4.78, 5) is 25.7. The molecule has 0 saturated carbocycles. The van der Waals surface area contributed by atoms with E-state index < -0.39 is 19.9 Å². The molecule has 4 aromatic rings. The van der Waals surface area contributed by atoms with Gasteiger partial charge in [-0.15, -0.1) is 0 Å². The van der Waals surface area contributed by atoms with Crippen molar-refractivity contribution in [3.05, 3.63) is 120 Å². The van der Waals surface area contributed by atoms with Gasteiger partial charge < -0.3 is 24.3 Å². The zero-order chi connectivity index (χ0) is 30.9. The second-order valence-corrected chi connectivity index (χ2v) is 15.7. The number of ether oxygens (including phenoxy) is 3. The van der Waals surface area contributed by atoms with Crippen LogP contribution >= 0.6 is 0 Å². The van der Waals surface area contributed by atoms with Gasteiger partial charge in [0.1, 0.15) is 6.61 Å². The summed E-state index contributed by atoms with van der Waals surface area (Å²) in [5, 5.41) is 4.75. The van der Waals surface area contributed by atoms with E-state index in [0.29, 0.717) is 17.9 Å². The first-order valence-electron chi connectivity index (χ1n) is 14.7. The molecule has 0 aromatic heterocycles. The number of carbonyl (C=O) groups is 1. The van der Waals surface area contributed by atoms with Crippen LogP contribution in [0.3, 0.4) is 0 Å². The molecule has 0 bridgehead atoms. The molecule has 0 radical (unpaired) electrons. The van der Waals surface area contributed by atoms with Crippen molar-refractivity contribution in [2.75, 3.05) is 14.2 Å². The van der Waals surface area contributed by atoms with Crippen LogP contribution < -0.4 is 25.2 Å². The average molecular weight is 598 g/mol. The van der Waals surface area contributed by atoms with E-state index in [2.05, 4.69) is 19.2 Å². The zero-order valence-electron chi connectivity index (χ0n) is 25.8. The van der Waals surface area contributed by atoms with Crippen molar-refractivity contribution in [2.24, 2.45) is 0 Å². The Balaban J connectivity index is 1.50. The maximum atomic E-state index is 13.1. The van der Waals surface area contributed by atoms with Gasteiger partial charge in [-0.05, 0) is 58.4 Å². The minimum Gasteiger partial charge on any atom is -0.493 e. The molecule has 0 aliphatic rings. The van der Waals surface area contributed by atoms with Gasteiger partial charge in [-0.1, -0.05) is 117 Å². The summed E-state index contributed by atoms with van der Waals surface area (Å²) in [5.41, 5.74) is 1.11. The Morgan fingerprint density at radius 1 is 0.744 bits per heavy atom. The van der Waals surface area contributed by atoms with E-state index in [1.807, 2.05) is 104 Å². The largest absolute Gasteiger partial charge is 0.493 e. The maximum absolute atomic E-state index is 13.1. The van der Waals surface area contributed by atoms with E-state index >= 15 is 0 Å². The third-order valence-corrected chi connectivity index (χ3v) is 13.0. The van der Waals surface area contributed by atoms with Crippen molar-refractivity contribution >= 4 is 24.8 Å². The summed E-state index contributed by atoms with van der Waals surface area (Å²) >= 11 is 0. The Hall–Kier alpha value is -4.07. The number of hydrogen-bond acceptors (Lipinski definition) is 5. The van der Waals surface area contributed by atoms with Crippen LogP contribution in [0.4, 0.5) is 4.79 Å². The highest BCUT2D eigenvalue weighted by molar-refractivity contribution is 6.98. The van der Waals surface area contributed by atoms with Gasteiger partial charge in [-0.3, -0.25) is 0 Å². The van der Waals surface area contributed by atoms with E-state index in [4.69, 9.17) is 14.2 Å². The minimum absolute atomic E-state index is 0.0941. The molecular weight excluding hydrogens is 554 g/mol. The number of nitrogens with one attached hydrogen (secondary N) is 1. The Kier molecular flexibility index (Phi) is 10.3. The lowest BCUT2D eigenvalue weighted by Gasteiger charge is -2.42. The third-order valence-electron chi connectivity index (χ3n) is 8.45. The summed E-state index contributed by atoms with van der Waals surface area (Å²) in [6.07, 6.45) is 1.72. The van der Waals surface area contributed by atoms with Crippen LogP contribution in [0.2, 0.25) is 5.04 Å². The molecule has 0 fully saturated rings. The number of rotatable bonds is 13. The van der Waals surface area contributed by atoms with Gasteiger partial charge >= 0.3 is 6.09 Å².